The Bertz CT molecular complexity index is 1640. The first-order valence-corrected chi connectivity index (χ1v) is 17.3. The Balaban J connectivity index is 1.34. The van der Waals surface area contributed by atoms with Gasteiger partial charge >= 0.3 is 0 Å². The molecule has 2 atom stereocenters. The number of benzene rings is 3. The molecule has 0 spiro atoms. The Kier molecular flexibility index (Phi) is 4.64. The highest BCUT2D eigenvalue weighted by molar-refractivity contribution is 7.00. The van der Waals surface area contributed by atoms with Crippen LogP contribution in [0.25, 0.3) is 0 Å². The summed E-state index contributed by atoms with van der Waals surface area (Å²) >= 11 is 0. The van der Waals surface area contributed by atoms with Crippen LogP contribution < -0.4 is 26.2 Å². The number of anilines is 4. The SMILES string of the molecule is CC(C)c1cc2c3c4c1C1(C)CCCCC1(C)N4c1ccccc1B3c1ccccc1N2C12CC3CC(CC(C3)C1)C2. The molecule has 3 aromatic carbocycles. The monoisotopic (exact) mass is 552 g/mol. The lowest BCUT2D eigenvalue weighted by Gasteiger charge is -2.62. The molecule has 0 amide bonds. The van der Waals surface area contributed by atoms with Crippen molar-refractivity contribution in [2.45, 2.75) is 114 Å². The summed E-state index contributed by atoms with van der Waals surface area (Å²) < 4.78 is 0. The number of fused-ring (bicyclic) bond motifs is 8. The Morgan fingerprint density at radius 3 is 1.93 bits per heavy atom. The molecule has 5 aliphatic carbocycles. The summed E-state index contributed by atoms with van der Waals surface area (Å²) in [7, 11) is 0. The fourth-order valence-electron chi connectivity index (χ4n) is 12.6. The van der Waals surface area contributed by atoms with Gasteiger partial charge in [0.2, 0.25) is 0 Å². The molecule has 3 heteroatoms. The second-order valence-corrected chi connectivity index (χ2v) is 16.5. The van der Waals surface area contributed by atoms with Gasteiger partial charge in [-0.2, -0.15) is 0 Å². The van der Waals surface area contributed by atoms with Crippen molar-refractivity contribution in [3.63, 3.8) is 0 Å². The molecule has 3 aliphatic heterocycles. The Morgan fingerprint density at radius 1 is 0.738 bits per heavy atom. The number of para-hydroxylation sites is 2. The van der Waals surface area contributed by atoms with E-state index in [1.54, 1.807) is 33.4 Å². The van der Waals surface area contributed by atoms with Gasteiger partial charge in [-0.05, 0) is 128 Å². The molecule has 42 heavy (non-hydrogen) atoms. The first-order chi connectivity index (χ1) is 20.3. The van der Waals surface area contributed by atoms with E-state index >= 15 is 0 Å². The third-order valence-corrected chi connectivity index (χ3v) is 14.0. The average molecular weight is 553 g/mol. The third kappa shape index (κ3) is 2.73. The Hall–Kier alpha value is -2.68. The van der Waals surface area contributed by atoms with Crippen molar-refractivity contribution in [2.75, 3.05) is 9.80 Å². The smallest absolute Gasteiger partial charge is 0.252 e. The quantitative estimate of drug-likeness (QED) is 0.299. The molecule has 214 valence electrons. The topological polar surface area (TPSA) is 6.48 Å². The molecule has 0 radical (unpaired) electrons. The fraction of sp³-hybridized carbons (Fsp3) is 0.538. The summed E-state index contributed by atoms with van der Waals surface area (Å²) in [6, 6.07) is 21.9. The van der Waals surface area contributed by atoms with Crippen LogP contribution in [0.4, 0.5) is 22.7 Å². The van der Waals surface area contributed by atoms with Gasteiger partial charge in [0.1, 0.15) is 0 Å². The first kappa shape index (κ1) is 24.7. The van der Waals surface area contributed by atoms with Crippen LogP contribution in [0.3, 0.4) is 0 Å². The summed E-state index contributed by atoms with van der Waals surface area (Å²) in [4.78, 5) is 5.92. The minimum atomic E-state index is 0.107. The van der Waals surface area contributed by atoms with E-state index < -0.39 is 0 Å². The van der Waals surface area contributed by atoms with Crippen LogP contribution in [0.15, 0.2) is 54.6 Å². The van der Waals surface area contributed by atoms with Crippen molar-refractivity contribution < 1.29 is 0 Å². The molecule has 3 heterocycles. The predicted octanol–water partition coefficient (Wildman–Crippen LogP) is 7.80. The lowest BCUT2D eigenvalue weighted by Crippen LogP contribution is -2.68. The first-order valence-electron chi connectivity index (χ1n) is 17.3. The molecule has 0 aromatic heterocycles. The number of nitrogens with zero attached hydrogens (tertiary/aromatic N) is 2. The lowest BCUT2D eigenvalue weighted by molar-refractivity contribution is 0.000632. The molecule has 2 unspecified atom stereocenters. The van der Waals surface area contributed by atoms with Gasteiger partial charge in [0, 0.05) is 33.7 Å². The van der Waals surface area contributed by atoms with Crippen LogP contribution in [0, 0.1) is 17.8 Å². The zero-order chi connectivity index (χ0) is 28.2. The van der Waals surface area contributed by atoms with Gasteiger partial charge in [-0.3, -0.25) is 0 Å². The molecule has 11 rings (SSSR count). The van der Waals surface area contributed by atoms with Crippen molar-refractivity contribution in [3.8, 4) is 0 Å². The molecule has 5 saturated carbocycles. The molecule has 8 aliphatic rings. The van der Waals surface area contributed by atoms with E-state index in [1.165, 1.54) is 81.0 Å². The van der Waals surface area contributed by atoms with Crippen LogP contribution in [-0.2, 0) is 5.41 Å². The highest BCUT2D eigenvalue weighted by Gasteiger charge is 2.63. The summed E-state index contributed by atoms with van der Waals surface area (Å²) in [5.74, 6) is 3.29. The average Bonchev–Trinajstić information content (AvgIpc) is 3.19. The molecule has 0 saturated heterocycles. The van der Waals surface area contributed by atoms with Gasteiger partial charge < -0.3 is 9.80 Å². The molecule has 0 N–H and O–H groups in total. The largest absolute Gasteiger partial charge is 0.336 e. The van der Waals surface area contributed by atoms with Gasteiger partial charge in [-0.15, -0.1) is 0 Å². The zero-order valence-electron chi connectivity index (χ0n) is 26.0. The van der Waals surface area contributed by atoms with Gasteiger partial charge in [-0.1, -0.05) is 70.0 Å². The fourth-order valence-corrected chi connectivity index (χ4v) is 12.6. The summed E-state index contributed by atoms with van der Waals surface area (Å²) in [6.07, 6.45) is 13.9. The van der Waals surface area contributed by atoms with Crippen LogP contribution in [0.1, 0.15) is 109 Å². The summed E-state index contributed by atoms with van der Waals surface area (Å²) in [5, 5.41) is 0. The maximum Gasteiger partial charge on any atom is 0.252 e. The van der Waals surface area contributed by atoms with Crippen molar-refractivity contribution in [1.29, 1.82) is 0 Å². The van der Waals surface area contributed by atoms with E-state index in [4.69, 9.17) is 0 Å². The van der Waals surface area contributed by atoms with E-state index in [0.29, 0.717) is 12.6 Å². The molecular formula is C39H45BN2. The van der Waals surface area contributed by atoms with Gasteiger partial charge in [0.25, 0.3) is 6.71 Å². The third-order valence-electron chi connectivity index (χ3n) is 14.0. The number of hydrogen-bond acceptors (Lipinski definition) is 2. The lowest BCUT2D eigenvalue weighted by atomic mass is 9.33. The van der Waals surface area contributed by atoms with Crippen molar-refractivity contribution >= 4 is 45.9 Å². The van der Waals surface area contributed by atoms with Crippen LogP contribution >= 0.6 is 0 Å². The van der Waals surface area contributed by atoms with Crippen LogP contribution in [0.5, 0.6) is 0 Å². The van der Waals surface area contributed by atoms with E-state index in [2.05, 4.69) is 92.1 Å². The standard InChI is InChI=1S/C39H45BN2/c1-24(2)28-20-33-35-36-34(28)37(3)15-9-10-16-38(37,4)42(36)32-14-8-6-12-30(32)40(35)29-11-5-7-13-31(29)41(33)39-21-25-17-26(22-39)19-27(18-25)23-39/h5-8,11-14,20,24-27H,9-10,15-19,21-23H2,1-4H3. The van der Waals surface area contributed by atoms with Gasteiger partial charge in [0.15, 0.2) is 0 Å². The predicted molar refractivity (Wildman–Crippen MR) is 177 cm³/mol. The van der Waals surface area contributed by atoms with Crippen molar-refractivity contribution in [3.05, 3.63) is 65.7 Å². The normalized spacial score (nSPS) is 36.2. The van der Waals surface area contributed by atoms with Crippen LogP contribution in [-0.4, -0.2) is 17.8 Å². The Morgan fingerprint density at radius 2 is 1.31 bits per heavy atom. The van der Waals surface area contributed by atoms with Crippen molar-refractivity contribution in [1.82, 2.24) is 0 Å². The molecular weight excluding hydrogens is 507 g/mol. The van der Waals surface area contributed by atoms with E-state index in [9.17, 15) is 0 Å². The summed E-state index contributed by atoms with van der Waals surface area (Å²) in [5.41, 5.74) is 14.8. The van der Waals surface area contributed by atoms with E-state index in [0.717, 1.165) is 17.8 Å². The maximum absolute atomic E-state index is 3.00. The minimum absolute atomic E-state index is 0.107. The minimum Gasteiger partial charge on any atom is -0.336 e. The highest BCUT2D eigenvalue weighted by atomic mass is 15.3. The van der Waals surface area contributed by atoms with Gasteiger partial charge in [0.05, 0.1) is 5.54 Å². The number of rotatable bonds is 2. The van der Waals surface area contributed by atoms with Gasteiger partial charge in [-0.25, -0.2) is 0 Å². The molecule has 5 fully saturated rings. The maximum atomic E-state index is 3.00. The molecule has 4 bridgehead atoms. The second kappa shape index (κ2) is 7.88. The zero-order valence-corrected chi connectivity index (χ0v) is 26.0. The van der Waals surface area contributed by atoms with E-state index in [1.807, 2.05) is 0 Å². The van der Waals surface area contributed by atoms with Crippen molar-refractivity contribution in [2.24, 2.45) is 17.8 Å². The van der Waals surface area contributed by atoms with Crippen LogP contribution in [0.2, 0.25) is 0 Å². The second-order valence-electron chi connectivity index (χ2n) is 16.5. The Labute approximate surface area is 253 Å². The molecule has 3 aromatic rings. The highest BCUT2D eigenvalue weighted by Crippen LogP contribution is 2.65. The summed E-state index contributed by atoms with van der Waals surface area (Å²) in [6.45, 7) is 10.5. The number of hydrogen-bond donors (Lipinski definition) is 0. The molecule has 2 nitrogen and oxygen atoms in total. The van der Waals surface area contributed by atoms with E-state index in [-0.39, 0.29) is 16.5 Å².